The Morgan fingerprint density at radius 2 is 1.68 bits per heavy atom. The van der Waals surface area contributed by atoms with Crippen molar-refractivity contribution in [3.8, 4) is 0 Å². The summed E-state index contributed by atoms with van der Waals surface area (Å²) in [5.41, 5.74) is 5.89. The number of piperidine rings is 1. The molecule has 1 unspecified atom stereocenters. The van der Waals surface area contributed by atoms with Gasteiger partial charge < -0.3 is 20.9 Å². The predicted octanol–water partition coefficient (Wildman–Crippen LogP) is 0.910. The van der Waals surface area contributed by atoms with Gasteiger partial charge in [0.2, 0.25) is 5.91 Å². The number of hydrogen-bond acceptors (Lipinski definition) is 3. The van der Waals surface area contributed by atoms with Crippen LogP contribution in [0.25, 0.3) is 0 Å². The Morgan fingerprint density at radius 3 is 2.36 bits per heavy atom. The van der Waals surface area contributed by atoms with Crippen LogP contribution in [-0.4, -0.2) is 60.0 Å². The second-order valence-corrected chi connectivity index (χ2v) is 7.05. The third-order valence-corrected chi connectivity index (χ3v) is 5.28. The average molecular weight is 308 g/mol. The molecule has 0 aromatic heterocycles. The molecule has 6 heteroatoms. The molecule has 3 aliphatic rings. The first kappa shape index (κ1) is 15.6. The maximum absolute atomic E-state index is 12.6. The van der Waals surface area contributed by atoms with Crippen LogP contribution in [0.2, 0.25) is 0 Å². The van der Waals surface area contributed by atoms with Crippen molar-refractivity contribution >= 4 is 11.9 Å². The Hall–Kier alpha value is -1.30. The van der Waals surface area contributed by atoms with E-state index in [-0.39, 0.29) is 23.9 Å². The Balaban J connectivity index is 1.52. The fourth-order valence-electron chi connectivity index (χ4n) is 3.94. The first-order valence-electron chi connectivity index (χ1n) is 8.73. The highest BCUT2D eigenvalue weighted by molar-refractivity contribution is 5.81. The molecule has 2 aliphatic heterocycles. The minimum atomic E-state index is -0.0478. The van der Waals surface area contributed by atoms with Gasteiger partial charge in [-0.2, -0.15) is 0 Å². The van der Waals surface area contributed by atoms with E-state index >= 15 is 0 Å². The van der Waals surface area contributed by atoms with Gasteiger partial charge in [0.25, 0.3) is 0 Å². The summed E-state index contributed by atoms with van der Waals surface area (Å²) in [5.74, 6) is 0.139. The van der Waals surface area contributed by atoms with E-state index < -0.39 is 0 Å². The Bertz CT molecular complexity index is 422. The molecule has 22 heavy (non-hydrogen) atoms. The highest BCUT2D eigenvalue weighted by atomic mass is 16.2. The number of rotatable bonds is 2. The zero-order valence-corrected chi connectivity index (χ0v) is 13.3. The van der Waals surface area contributed by atoms with Crippen molar-refractivity contribution in [1.82, 2.24) is 15.1 Å². The van der Waals surface area contributed by atoms with Crippen molar-refractivity contribution in [2.45, 2.75) is 57.0 Å². The van der Waals surface area contributed by atoms with Crippen LogP contribution in [0.1, 0.15) is 44.9 Å². The van der Waals surface area contributed by atoms with Crippen LogP contribution in [0.4, 0.5) is 4.79 Å². The van der Waals surface area contributed by atoms with Crippen molar-refractivity contribution in [3.63, 3.8) is 0 Å². The van der Waals surface area contributed by atoms with Gasteiger partial charge in [-0.15, -0.1) is 0 Å². The maximum atomic E-state index is 12.6. The quantitative estimate of drug-likeness (QED) is 0.796. The standard InChI is InChI=1S/C16H28N4O2/c17-13-7-9-19(11-13)15(21)12-4-3-8-20(10-12)16(22)18-14-5-1-2-6-14/h12-14H,1-11,17H2,(H,18,22)/t12?,13-/m1/s1. The zero-order valence-electron chi connectivity index (χ0n) is 13.3. The van der Waals surface area contributed by atoms with Crippen LogP contribution in [0, 0.1) is 5.92 Å². The van der Waals surface area contributed by atoms with E-state index in [0.717, 1.165) is 45.2 Å². The van der Waals surface area contributed by atoms with Gasteiger partial charge >= 0.3 is 6.03 Å². The largest absolute Gasteiger partial charge is 0.341 e. The lowest BCUT2D eigenvalue weighted by atomic mass is 9.97. The number of likely N-dealkylation sites (tertiary alicyclic amines) is 2. The molecule has 6 nitrogen and oxygen atoms in total. The molecule has 3 N–H and O–H groups in total. The monoisotopic (exact) mass is 308 g/mol. The molecule has 0 bridgehead atoms. The van der Waals surface area contributed by atoms with E-state index in [0.29, 0.717) is 19.1 Å². The van der Waals surface area contributed by atoms with Gasteiger partial charge in [-0.05, 0) is 32.1 Å². The lowest BCUT2D eigenvalue weighted by Gasteiger charge is -2.34. The number of carbonyl (C=O) groups excluding carboxylic acids is 2. The SMILES string of the molecule is N[C@@H]1CCN(C(=O)C2CCCN(C(=O)NC3CCCC3)C2)C1. The number of urea groups is 1. The molecular formula is C16H28N4O2. The fraction of sp³-hybridized carbons (Fsp3) is 0.875. The lowest BCUT2D eigenvalue weighted by Crippen LogP contribution is -2.51. The normalized spacial score (nSPS) is 29.9. The first-order valence-corrected chi connectivity index (χ1v) is 8.73. The number of nitrogens with two attached hydrogens (primary N) is 1. The van der Waals surface area contributed by atoms with Crippen LogP contribution in [-0.2, 0) is 4.79 Å². The first-order chi connectivity index (χ1) is 10.6. The summed E-state index contributed by atoms with van der Waals surface area (Å²) in [7, 11) is 0. The molecule has 2 saturated heterocycles. The van der Waals surface area contributed by atoms with Crippen molar-refractivity contribution < 1.29 is 9.59 Å². The summed E-state index contributed by atoms with van der Waals surface area (Å²) in [5, 5.41) is 3.13. The van der Waals surface area contributed by atoms with E-state index in [1.807, 2.05) is 9.80 Å². The van der Waals surface area contributed by atoms with E-state index in [4.69, 9.17) is 5.73 Å². The molecule has 0 aromatic rings. The number of nitrogens with one attached hydrogen (secondary N) is 1. The van der Waals surface area contributed by atoms with Gasteiger partial charge in [-0.1, -0.05) is 12.8 Å². The van der Waals surface area contributed by atoms with Gasteiger partial charge in [0.1, 0.15) is 0 Å². The molecule has 124 valence electrons. The highest BCUT2D eigenvalue weighted by Crippen LogP contribution is 2.22. The van der Waals surface area contributed by atoms with Crippen LogP contribution in [0.15, 0.2) is 0 Å². The summed E-state index contributed by atoms with van der Waals surface area (Å²) in [6.45, 7) is 2.76. The lowest BCUT2D eigenvalue weighted by molar-refractivity contribution is -0.135. The summed E-state index contributed by atoms with van der Waals surface area (Å²) in [6.07, 6.45) is 7.29. The smallest absolute Gasteiger partial charge is 0.317 e. The third-order valence-electron chi connectivity index (χ3n) is 5.28. The fourth-order valence-corrected chi connectivity index (χ4v) is 3.94. The molecular weight excluding hydrogens is 280 g/mol. The second kappa shape index (κ2) is 6.86. The molecule has 2 atom stereocenters. The molecule has 1 aliphatic carbocycles. The molecule has 3 fully saturated rings. The molecule has 1 saturated carbocycles. The van der Waals surface area contributed by atoms with Gasteiger partial charge in [-0.25, -0.2) is 4.79 Å². The van der Waals surface area contributed by atoms with Crippen LogP contribution >= 0.6 is 0 Å². The van der Waals surface area contributed by atoms with E-state index in [2.05, 4.69) is 5.32 Å². The van der Waals surface area contributed by atoms with Gasteiger partial charge in [0.05, 0.1) is 5.92 Å². The van der Waals surface area contributed by atoms with Gasteiger partial charge in [0, 0.05) is 38.3 Å². The van der Waals surface area contributed by atoms with Crippen LogP contribution < -0.4 is 11.1 Å². The summed E-state index contributed by atoms with van der Waals surface area (Å²) in [6, 6.07) is 0.469. The van der Waals surface area contributed by atoms with Crippen LogP contribution in [0.3, 0.4) is 0 Å². The molecule has 3 amide bonds. The molecule has 0 aromatic carbocycles. The third kappa shape index (κ3) is 3.54. The molecule has 3 rings (SSSR count). The van der Waals surface area contributed by atoms with Crippen molar-refractivity contribution in [2.24, 2.45) is 11.7 Å². The Labute approximate surface area is 132 Å². The second-order valence-electron chi connectivity index (χ2n) is 7.05. The zero-order chi connectivity index (χ0) is 15.5. The average Bonchev–Trinajstić information content (AvgIpc) is 3.18. The Kier molecular flexibility index (Phi) is 4.86. The minimum Gasteiger partial charge on any atom is -0.341 e. The summed E-state index contributed by atoms with van der Waals surface area (Å²) in [4.78, 5) is 28.7. The van der Waals surface area contributed by atoms with Gasteiger partial charge in [-0.3, -0.25) is 4.79 Å². The molecule has 0 spiro atoms. The van der Waals surface area contributed by atoms with Crippen LogP contribution in [0.5, 0.6) is 0 Å². The number of amides is 3. The van der Waals surface area contributed by atoms with E-state index in [1.54, 1.807) is 0 Å². The van der Waals surface area contributed by atoms with Crippen molar-refractivity contribution in [1.29, 1.82) is 0 Å². The van der Waals surface area contributed by atoms with E-state index in [1.165, 1.54) is 12.8 Å². The molecule has 2 heterocycles. The minimum absolute atomic E-state index is 0.0162. The Morgan fingerprint density at radius 1 is 0.909 bits per heavy atom. The number of nitrogens with zero attached hydrogens (tertiary/aromatic N) is 2. The summed E-state index contributed by atoms with van der Waals surface area (Å²) < 4.78 is 0. The van der Waals surface area contributed by atoms with Crippen molar-refractivity contribution in [2.75, 3.05) is 26.2 Å². The topological polar surface area (TPSA) is 78.7 Å². The number of carbonyl (C=O) groups is 2. The number of hydrogen-bond donors (Lipinski definition) is 2. The predicted molar refractivity (Wildman–Crippen MR) is 84.3 cm³/mol. The summed E-state index contributed by atoms with van der Waals surface area (Å²) >= 11 is 0. The highest BCUT2D eigenvalue weighted by Gasteiger charge is 2.34. The maximum Gasteiger partial charge on any atom is 0.317 e. The van der Waals surface area contributed by atoms with Crippen molar-refractivity contribution in [3.05, 3.63) is 0 Å². The van der Waals surface area contributed by atoms with E-state index in [9.17, 15) is 9.59 Å². The van der Waals surface area contributed by atoms with Gasteiger partial charge in [0.15, 0.2) is 0 Å². The molecule has 0 radical (unpaired) electrons.